The van der Waals surface area contributed by atoms with E-state index < -0.39 is 11.8 Å². The third-order valence-corrected chi connectivity index (χ3v) is 3.81. The molecule has 1 aliphatic heterocycles. The van der Waals surface area contributed by atoms with E-state index in [1.165, 1.54) is 6.08 Å². The van der Waals surface area contributed by atoms with Gasteiger partial charge >= 0.3 is 0 Å². The number of primary amides is 1. The predicted octanol–water partition coefficient (Wildman–Crippen LogP) is 0.790. The molecule has 136 valence electrons. The molecule has 26 heavy (non-hydrogen) atoms. The van der Waals surface area contributed by atoms with Crippen molar-refractivity contribution in [2.75, 3.05) is 18.5 Å². The van der Waals surface area contributed by atoms with Crippen molar-refractivity contribution in [2.45, 2.75) is 20.4 Å². The Hall–Kier alpha value is -3.36. The highest BCUT2D eigenvalue weighted by Gasteiger charge is 2.23. The van der Waals surface area contributed by atoms with Crippen LogP contribution in [0.1, 0.15) is 24.2 Å². The summed E-state index contributed by atoms with van der Waals surface area (Å²) >= 11 is 0. The molecule has 0 saturated carbocycles. The number of carbonyl (C=O) groups excluding carboxylic acids is 2. The Balaban J connectivity index is 2.03. The highest BCUT2D eigenvalue weighted by molar-refractivity contribution is 6.47. The van der Waals surface area contributed by atoms with Crippen LogP contribution in [0.3, 0.4) is 0 Å². The normalized spacial score (nSPS) is 14.2. The summed E-state index contributed by atoms with van der Waals surface area (Å²) in [5.41, 5.74) is 13.2. The molecule has 2 aromatic rings. The molecule has 0 spiro atoms. The van der Waals surface area contributed by atoms with E-state index in [0.29, 0.717) is 53.7 Å². The lowest BCUT2D eigenvalue weighted by Crippen LogP contribution is -2.25. The summed E-state index contributed by atoms with van der Waals surface area (Å²) in [7, 11) is 0. The molecule has 0 atom stereocenters. The summed E-state index contributed by atoms with van der Waals surface area (Å²) in [5, 5.41) is 2.76. The van der Waals surface area contributed by atoms with Gasteiger partial charge in [-0.15, -0.1) is 0 Å². The molecule has 2 heterocycles. The van der Waals surface area contributed by atoms with E-state index in [9.17, 15) is 9.59 Å². The molecule has 9 nitrogen and oxygen atoms in total. The summed E-state index contributed by atoms with van der Waals surface area (Å²) in [6.07, 6.45) is 1.51. The molecule has 3 rings (SSSR count). The van der Waals surface area contributed by atoms with Gasteiger partial charge in [0.25, 0.3) is 5.91 Å². The van der Waals surface area contributed by atoms with Crippen molar-refractivity contribution in [1.82, 2.24) is 9.55 Å². The molecular formula is C17H20N6O3. The number of nitrogens with two attached hydrogens (primary N) is 2. The minimum atomic E-state index is -0.571. The van der Waals surface area contributed by atoms with E-state index in [1.807, 2.05) is 11.5 Å². The molecule has 1 aromatic heterocycles. The molecule has 1 aromatic carbocycles. The van der Waals surface area contributed by atoms with Crippen LogP contribution in [-0.4, -0.2) is 40.2 Å². The first-order chi connectivity index (χ1) is 12.4. The average molecular weight is 356 g/mol. The number of aromatic nitrogens is 2. The van der Waals surface area contributed by atoms with Gasteiger partial charge in [-0.3, -0.25) is 19.9 Å². The number of hydrogen-bond acceptors (Lipinski definition) is 6. The highest BCUT2D eigenvalue weighted by Crippen LogP contribution is 2.33. The van der Waals surface area contributed by atoms with Crippen LogP contribution < -0.4 is 21.5 Å². The Labute approximate surface area is 149 Å². The second kappa shape index (κ2) is 6.87. The molecule has 9 heteroatoms. The van der Waals surface area contributed by atoms with Gasteiger partial charge in [0, 0.05) is 17.8 Å². The lowest BCUT2D eigenvalue weighted by Gasteiger charge is -2.18. The summed E-state index contributed by atoms with van der Waals surface area (Å²) in [5.74, 6) is -0.122. The third-order valence-electron chi connectivity index (χ3n) is 3.81. The molecule has 1 aliphatic rings. The van der Waals surface area contributed by atoms with Crippen LogP contribution in [0.4, 0.5) is 5.95 Å². The van der Waals surface area contributed by atoms with Gasteiger partial charge in [-0.25, -0.2) is 4.98 Å². The molecule has 0 bridgehead atoms. The van der Waals surface area contributed by atoms with Crippen LogP contribution in [0.25, 0.3) is 11.0 Å². The summed E-state index contributed by atoms with van der Waals surface area (Å²) < 4.78 is 7.44. The van der Waals surface area contributed by atoms with Gasteiger partial charge in [0.1, 0.15) is 23.6 Å². The van der Waals surface area contributed by atoms with Crippen LogP contribution in [0.5, 0.6) is 5.75 Å². The fraction of sp³-hybridized carbons (Fsp3) is 0.294. The second-order valence-electron chi connectivity index (χ2n) is 5.84. The van der Waals surface area contributed by atoms with Crippen molar-refractivity contribution < 1.29 is 14.3 Å². The monoisotopic (exact) mass is 356 g/mol. The molecule has 0 fully saturated rings. The maximum absolute atomic E-state index is 12.6. The van der Waals surface area contributed by atoms with Gasteiger partial charge < -0.3 is 20.8 Å². The fourth-order valence-corrected chi connectivity index (χ4v) is 2.78. The van der Waals surface area contributed by atoms with Gasteiger partial charge in [-0.2, -0.15) is 0 Å². The topological polar surface area (TPSA) is 138 Å². The predicted molar refractivity (Wildman–Crippen MR) is 98.3 cm³/mol. The van der Waals surface area contributed by atoms with Gasteiger partial charge in [-0.05, 0) is 32.1 Å². The molecule has 0 saturated heterocycles. The summed E-state index contributed by atoms with van der Waals surface area (Å²) in [4.78, 5) is 32.6. The largest absolute Gasteiger partial charge is 0.489 e. The number of nitrogens with one attached hydrogen (secondary N) is 1. The smallest absolute Gasteiger partial charge is 0.276 e. The molecular weight excluding hydrogens is 336 g/mol. The van der Waals surface area contributed by atoms with Crippen molar-refractivity contribution in [2.24, 2.45) is 16.5 Å². The minimum absolute atomic E-state index is 0.220. The Morgan fingerprint density at radius 1 is 1.42 bits per heavy atom. The summed E-state index contributed by atoms with van der Waals surface area (Å²) in [6.45, 7) is 4.86. The first-order valence-corrected chi connectivity index (χ1v) is 8.17. The van der Waals surface area contributed by atoms with Crippen molar-refractivity contribution in [3.63, 3.8) is 0 Å². The van der Waals surface area contributed by atoms with Crippen molar-refractivity contribution in [3.05, 3.63) is 29.5 Å². The molecule has 0 unspecified atom stereocenters. The number of rotatable bonds is 5. The second-order valence-corrected chi connectivity index (χ2v) is 5.84. The number of nitrogens with zero attached hydrogens (tertiary/aromatic N) is 3. The Morgan fingerprint density at radius 3 is 2.85 bits per heavy atom. The summed E-state index contributed by atoms with van der Waals surface area (Å²) in [6, 6.07) is 3.16. The first-order valence-electron chi connectivity index (χ1n) is 8.17. The van der Waals surface area contributed by atoms with Gasteiger partial charge in [0.05, 0.1) is 12.1 Å². The first kappa shape index (κ1) is 17.5. The number of imidazole rings is 1. The number of benzene rings is 1. The van der Waals surface area contributed by atoms with Crippen molar-refractivity contribution in [3.8, 4) is 5.75 Å². The van der Waals surface area contributed by atoms with Crippen LogP contribution >= 0.6 is 0 Å². The minimum Gasteiger partial charge on any atom is -0.489 e. The van der Waals surface area contributed by atoms with Gasteiger partial charge in [0.15, 0.2) is 0 Å². The molecule has 5 N–H and O–H groups in total. The van der Waals surface area contributed by atoms with Crippen molar-refractivity contribution >= 4 is 34.5 Å². The van der Waals surface area contributed by atoms with E-state index in [4.69, 9.17) is 16.2 Å². The van der Waals surface area contributed by atoms with Crippen LogP contribution in [0.15, 0.2) is 28.9 Å². The zero-order valence-corrected chi connectivity index (χ0v) is 14.6. The Bertz CT molecular complexity index is 953. The molecule has 2 amide bonds. The van der Waals surface area contributed by atoms with E-state index in [-0.39, 0.29) is 5.71 Å². The van der Waals surface area contributed by atoms with E-state index in [0.717, 1.165) is 0 Å². The molecule has 0 radical (unpaired) electrons. The molecule has 0 aliphatic carbocycles. The average Bonchev–Trinajstić information content (AvgIpc) is 2.93. The van der Waals surface area contributed by atoms with Crippen LogP contribution in [0, 0.1) is 0 Å². The third kappa shape index (κ3) is 3.23. The Kier molecular flexibility index (Phi) is 4.61. The van der Waals surface area contributed by atoms with Gasteiger partial charge in [-0.1, -0.05) is 0 Å². The van der Waals surface area contributed by atoms with Crippen LogP contribution in [0.2, 0.25) is 0 Å². The number of aliphatic imine (C=N–C) groups is 1. The SMILES string of the molecule is CCN=C(C=C(C)N)C(=O)Nc1nc2cc(C(N)=O)cc3c2n1CCO3. The lowest BCUT2D eigenvalue weighted by atomic mass is 10.1. The number of ether oxygens (including phenoxy) is 1. The fourth-order valence-electron chi connectivity index (χ4n) is 2.78. The zero-order valence-electron chi connectivity index (χ0n) is 14.6. The maximum atomic E-state index is 12.6. The maximum Gasteiger partial charge on any atom is 0.276 e. The number of anilines is 1. The lowest BCUT2D eigenvalue weighted by molar-refractivity contribution is -0.110. The number of carbonyl (C=O) groups is 2. The number of hydrogen-bond donors (Lipinski definition) is 3. The zero-order chi connectivity index (χ0) is 18.8. The Morgan fingerprint density at radius 2 is 2.19 bits per heavy atom. The quantitative estimate of drug-likeness (QED) is 0.680. The number of amides is 2. The van der Waals surface area contributed by atoms with Crippen molar-refractivity contribution in [1.29, 1.82) is 0 Å². The standard InChI is InChI=1S/C17H20N6O3/c1-3-20-12(6-9(2)18)16(25)22-17-21-11-7-10(15(19)24)8-13-14(11)23(17)4-5-26-13/h6-8H,3-5,18H2,1-2H3,(H2,19,24)(H,21,22,25). The van der Waals surface area contributed by atoms with E-state index in [2.05, 4.69) is 15.3 Å². The van der Waals surface area contributed by atoms with Gasteiger partial charge in [0.2, 0.25) is 11.9 Å². The highest BCUT2D eigenvalue weighted by atomic mass is 16.5. The van der Waals surface area contributed by atoms with Crippen LogP contribution in [-0.2, 0) is 11.3 Å². The number of allylic oxidation sites excluding steroid dienone is 1. The van der Waals surface area contributed by atoms with E-state index >= 15 is 0 Å². The van der Waals surface area contributed by atoms with E-state index in [1.54, 1.807) is 19.1 Å².